The van der Waals surface area contributed by atoms with Gasteiger partial charge in [-0.2, -0.15) is 0 Å². The number of hydrogen-bond donors (Lipinski definition) is 2. The zero-order chi connectivity index (χ0) is 16.6. The third kappa shape index (κ3) is 4.43. The first-order valence-corrected chi connectivity index (χ1v) is 7.95. The van der Waals surface area contributed by atoms with E-state index in [1.165, 1.54) is 0 Å². The molecule has 2 N–H and O–H groups in total. The summed E-state index contributed by atoms with van der Waals surface area (Å²) >= 11 is 0. The molecular weight excluding hydrogens is 268 g/mol. The van der Waals surface area contributed by atoms with Crippen molar-refractivity contribution in [2.24, 2.45) is 17.3 Å². The molecule has 1 aliphatic rings. The van der Waals surface area contributed by atoms with E-state index in [1.807, 2.05) is 20.8 Å². The summed E-state index contributed by atoms with van der Waals surface area (Å²) in [6, 6.07) is 0. The first kappa shape index (κ1) is 18.4. The van der Waals surface area contributed by atoms with E-state index in [4.69, 9.17) is 4.74 Å². The van der Waals surface area contributed by atoms with Crippen molar-refractivity contribution in [2.45, 2.75) is 85.0 Å². The van der Waals surface area contributed by atoms with Crippen LogP contribution < -0.4 is 0 Å². The van der Waals surface area contributed by atoms with Gasteiger partial charge in [0, 0.05) is 0 Å². The van der Waals surface area contributed by atoms with Crippen LogP contribution >= 0.6 is 0 Å². The average Bonchev–Trinajstić information content (AvgIpc) is 2.72. The van der Waals surface area contributed by atoms with Gasteiger partial charge in [0.1, 0.15) is 6.10 Å². The Balaban J connectivity index is 2.84. The van der Waals surface area contributed by atoms with Crippen LogP contribution in [0.3, 0.4) is 0 Å². The summed E-state index contributed by atoms with van der Waals surface area (Å²) < 4.78 is 5.66. The van der Waals surface area contributed by atoms with Crippen molar-refractivity contribution >= 4 is 5.97 Å². The molecule has 2 atom stereocenters. The number of carbonyl (C=O) groups excluding carboxylic acids is 1. The molecule has 0 radical (unpaired) electrons. The third-order valence-corrected chi connectivity index (χ3v) is 5.04. The molecule has 0 aromatic heterocycles. The van der Waals surface area contributed by atoms with E-state index in [0.717, 1.165) is 6.42 Å². The molecular formula is C17H32O4. The van der Waals surface area contributed by atoms with Crippen LogP contribution in [0.2, 0.25) is 0 Å². The summed E-state index contributed by atoms with van der Waals surface area (Å²) in [5.74, 6) is -0.360. The highest BCUT2D eigenvalue weighted by atomic mass is 16.5. The number of hydrogen-bond acceptors (Lipinski definition) is 4. The maximum atomic E-state index is 12.2. The van der Waals surface area contributed by atoms with Crippen LogP contribution in [0.25, 0.3) is 0 Å². The molecule has 1 aliphatic carbocycles. The maximum Gasteiger partial charge on any atom is 0.311 e. The van der Waals surface area contributed by atoms with Crippen LogP contribution in [0.1, 0.15) is 67.7 Å². The molecule has 21 heavy (non-hydrogen) atoms. The average molecular weight is 300 g/mol. The number of carbonyl (C=O) groups is 1. The lowest BCUT2D eigenvalue weighted by molar-refractivity contribution is -0.160. The van der Waals surface area contributed by atoms with Crippen molar-refractivity contribution in [2.75, 3.05) is 0 Å². The molecule has 0 aromatic carbocycles. The van der Waals surface area contributed by atoms with Crippen LogP contribution in [0.4, 0.5) is 0 Å². The Morgan fingerprint density at radius 2 is 1.38 bits per heavy atom. The van der Waals surface area contributed by atoms with E-state index >= 15 is 0 Å². The number of ether oxygens (including phenoxy) is 1. The Kier molecular flexibility index (Phi) is 5.16. The SMILES string of the molecule is CCC(C)(C)C(=O)OC1CC(C(C)(C)O)C(C(C)(C)O)C1. The van der Waals surface area contributed by atoms with Gasteiger partial charge in [-0.1, -0.05) is 6.92 Å². The smallest absolute Gasteiger partial charge is 0.311 e. The number of esters is 1. The Morgan fingerprint density at radius 1 is 1.00 bits per heavy atom. The largest absolute Gasteiger partial charge is 0.462 e. The Hall–Kier alpha value is -0.610. The predicted octanol–water partition coefficient (Wildman–Crippen LogP) is 2.90. The highest BCUT2D eigenvalue weighted by Crippen LogP contribution is 2.46. The molecule has 0 aliphatic heterocycles. The van der Waals surface area contributed by atoms with Gasteiger partial charge in [0.2, 0.25) is 0 Å². The molecule has 0 saturated heterocycles. The first-order valence-electron chi connectivity index (χ1n) is 7.95. The lowest BCUT2D eigenvalue weighted by Crippen LogP contribution is -2.42. The highest BCUT2D eigenvalue weighted by molar-refractivity contribution is 5.76. The third-order valence-electron chi connectivity index (χ3n) is 5.04. The van der Waals surface area contributed by atoms with Crippen molar-refractivity contribution in [1.82, 2.24) is 0 Å². The molecule has 2 unspecified atom stereocenters. The normalized spacial score (nSPS) is 27.8. The van der Waals surface area contributed by atoms with Crippen LogP contribution in [0.15, 0.2) is 0 Å². The molecule has 0 heterocycles. The van der Waals surface area contributed by atoms with Crippen LogP contribution in [0, 0.1) is 17.3 Å². The molecule has 0 aromatic rings. The summed E-state index contributed by atoms with van der Waals surface area (Å²) in [6.07, 6.45) is 1.70. The summed E-state index contributed by atoms with van der Waals surface area (Å²) in [5, 5.41) is 20.7. The van der Waals surface area contributed by atoms with Crippen LogP contribution in [-0.4, -0.2) is 33.5 Å². The van der Waals surface area contributed by atoms with E-state index < -0.39 is 16.6 Å². The molecule has 124 valence electrons. The standard InChI is InChI=1S/C17H32O4/c1-8-15(2,3)14(18)21-11-9-12(16(4,5)19)13(10-11)17(6,7)20/h11-13,19-20H,8-10H2,1-7H3. The summed E-state index contributed by atoms with van der Waals surface area (Å²) in [5.41, 5.74) is -2.28. The fourth-order valence-electron chi connectivity index (χ4n) is 3.10. The van der Waals surface area contributed by atoms with E-state index in [0.29, 0.717) is 12.8 Å². The van der Waals surface area contributed by atoms with E-state index in [1.54, 1.807) is 27.7 Å². The Labute approximate surface area is 128 Å². The molecule has 1 rings (SSSR count). The lowest BCUT2D eigenvalue weighted by atomic mass is 9.75. The monoisotopic (exact) mass is 300 g/mol. The molecule has 0 amide bonds. The van der Waals surface area contributed by atoms with Crippen molar-refractivity contribution in [3.05, 3.63) is 0 Å². The zero-order valence-electron chi connectivity index (χ0n) is 14.6. The molecule has 0 spiro atoms. The molecule has 4 heteroatoms. The summed E-state index contributed by atoms with van der Waals surface area (Å²) in [4.78, 5) is 12.2. The fraction of sp³-hybridized carbons (Fsp3) is 0.941. The summed E-state index contributed by atoms with van der Waals surface area (Å²) in [7, 11) is 0. The van der Waals surface area contributed by atoms with Gasteiger partial charge in [-0.3, -0.25) is 4.79 Å². The van der Waals surface area contributed by atoms with Gasteiger partial charge in [0.15, 0.2) is 0 Å². The Morgan fingerprint density at radius 3 is 1.67 bits per heavy atom. The molecule has 0 bridgehead atoms. The van der Waals surface area contributed by atoms with Crippen molar-refractivity contribution < 1.29 is 19.7 Å². The van der Waals surface area contributed by atoms with Gasteiger partial charge in [-0.05, 0) is 72.6 Å². The van der Waals surface area contributed by atoms with Gasteiger partial charge >= 0.3 is 5.97 Å². The van der Waals surface area contributed by atoms with Crippen LogP contribution in [0.5, 0.6) is 0 Å². The predicted molar refractivity (Wildman–Crippen MR) is 82.8 cm³/mol. The minimum atomic E-state index is -0.897. The number of rotatable bonds is 5. The molecule has 1 saturated carbocycles. The second-order valence-corrected chi connectivity index (χ2v) is 8.26. The van der Waals surface area contributed by atoms with Crippen LogP contribution in [-0.2, 0) is 9.53 Å². The fourth-order valence-corrected chi connectivity index (χ4v) is 3.10. The van der Waals surface area contributed by atoms with Gasteiger partial charge in [-0.15, -0.1) is 0 Å². The molecule has 4 nitrogen and oxygen atoms in total. The van der Waals surface area contributed by atoms with E-state index in [-0.39, 0.29) is 23.9 Å². The quantitative estimate of drug-likeness (QED) is 0.766. The van der Waals surface area contributed by atoms with Gasteiger partial charge in [0.05, 0.1) is 16.6 Å². The molecule has 1 fully saturated rings. The second kappa shape index (κ2) is 5.88. The van der Waals surface area contributed by atoms with Crippen molar-refractivity contribution in [3.63, 3.8) is 0 Å². The topological polar surface area (TPSA) is 66.8 Å². The lowest BCUT2D eigenvalue weighted by Gasteiger charge is -2.37. The van der Waals surface area contributed by atoms with E-state index in [2.05, 4.69) is 0 Å². The van der Waals surface area contributed by atoms with Crippen molar-refractivity contribution in [1.29, 1.82) is 0 Å². The minimum Gasteiger partial charge on any atom is -0.462 e. The first-order chi connectivity index (χ1) is 9.29. The summed E-state index contributed by atoms with van der Waals surface area (Å²) in [6.45, 7) is 12.8. The van der Waals surface area contributed by atoms with Gasteiger partial charge < -0.3 is 14.9 Å². The zero-order valence-corrected chi connectivity index (χ0v) is 14.6. The van der Waals surface area contributed by atoms with Gasteiger partial charge in [0.25, 0.3) is 0 Å². The highest BCUT2D eigenvalue weighted by Gasteiger charge is 2.49. The maximum absolute atomic E-state index is 12.2. The number of aliphatic hydroxyl groups is 2. The van der Waals surface area contributed by atoms with E-state index in [9.17, 15) is 15.0 Å². The minimum absolute atomic E-state index is 0.0833. The van der Waals surface area contributed by atoms with Gasteiger partial charge in [-0.25, -0.2) is 0 Å². The Bertz CT molecular complexity index is 351. The van der Waals surface area contributed by atoms with Crippen molar-refractivity contribution in [3.8, 4) is 0 Å². The second-order valence-electron chi connectivity index (χ2n) is 8.26.